The molecule has 2 unspecified atom stereocenters. The smallest absolute Gasteiger partial charge is 0.245 e. The molecule has 4 nitrogen and oxygen atoms in total. The normalized spacial score (nSPS) is 20.7. The third kappa shape index (κ3) is 4.51. The zero-order valence-electron chi connectivity index (χ0n) is 12.5. The summed E-state index contributed by atoms with van der Waals surface area (Å²) in [4.78, 5) is 12.0. The zero-order chi connectivity index (χ0) is 16.1. The molecule has 0 bridgehead atoms. The Labute approximate surface area is 144 Å². The topological polar surface area (TPSA) is 53.2 Å². The lowest BCUT2D eigenvalue weighted by Crippen LogP contribution is -2.43. The summed E-state index contributed by atoms with van der Waals surface area (Å²) >= 11 is 3.39. The van der Waals surface area contributed by atoms with Gasteiger partial charge in [-0.15, -0.1) is 0 Å². The Bertz CT molecular complexity index is 685. The molecule has 23 heavy (non-hydrogen) atoms. The molecule has 0 spiro atoms. The second-order valence-electron chi connectivity index (χ2n) is 5.43. The van der Waals surface area contributed by atoms with E-state index in [-0.39, 0.29) is 18.1 Å². The highest BCUT2D eigenvalue weighted by Gasteiger charge is 2.25. The first kappa shape index (κ1) is 15.9. The van der Waals surface area contributed by atoms with E-state index in [9.17, 15) is 4.79 Å². The van der Waals surface area contributed by atoms with Crippen LogP contribution in [0.2, 0.25) is 0 Å². The molecule has 0 saturated carbocycles. The quantitative estimate of drug-likeness (QED) is 0.723. The fourth-order valence-electron chi connectivity index (χ4n) is 2.52. The van der Waals surface area contributed by atoms with Gasteiger partial charge in [-0.1, -0.05) is 58.4 Å². The van der Waals surface area contributed by atoms with Gasteiger partial charge in [-0.2, -0.15) is 0 Å². The second-order valence-corrected chi connectivity index (χ2v) is 6.35. The molecule has 2 atom stereocenters. The Morgan fingerprint density at radius 2 is 1.83 bits per heavy atom. The molecular weight excluding hydrogens is 354 g/mol. The molecule has 0 aromatic heterocycles. The number of benzene rings is 2. The summed E-state index contributed by atoms with van der Waals surface area (Å²) in [5.74, 6) is -0.110. The van der Waals surface area contributed by atoms with E-state index < -0.39 is 0 Å². The molecule has 1 amide bonds. The van der Waals surface area contributed by atoms with Crippen LogP contribution in [-0.4, -0.2) is 12.1 Å². The van der Waals surface area contributed by atoms with Crippen molar-refractivity contribution in [3.05, 3.63) is 76.3 Å². The van der Waals surface area contributed by atoms with E-state index in [1.54, 1.807) is 12.2 Å². The minimum atomic E-state index is -0.110. The number of nitrogens with one attached hydrogen (secondary N) is 3. The lowest BCUT2D eigenvalue weighted by Gasteiger charge is -2.10. The highest BCUT2D eigenvalue weighted by atomic mass is 79.9. The first-order chi connectivity index (χ1) is 11.2. The molecule has 0 aliphatic carbocycles. The van der Waals surface area contributed by atoms with Crippen LogP contribution < -0.4 is 16.2 Å². The maximum Gasteiger partial charge on any atom is 0.245 e. The average molecular weight is 372 g/mol. The Kier molecular flexibility index (Phi) is 5.23. The SMILES string of the molecule is O=C(/C=C/c1ccc(Br)cc1)NC1CC(c2ccccc2)NN1. The predicted octanol–water partition coefficient (Wildman–Crippen LogP) is 3.14. The first-order valence-electron chi connectivity index (χ1n) is 7.51. The zero-order valence-corrected chi connectivity index (χ0v) is 14.1. The van der Waals surface area contributed by atoms with E-state index in [4.69, 9.17) is 0 Å². The maximum atomic E-state index is 12.0. The van der Waals surface area contributed by atoms with Crippen molar-refractivity contribution in [2.75, 3.05) is 0 Å². The molecule has 2 aromatic carbocycles. The van der Waals surface area contributed by atoms with Crippen LogP contribution in [0.25, 0.3) is 6.08 Å². The maximum absolute atomic E-state index is 12.0. The van der Waals surface area contributed by atoms with E-state index in [0.717, 1.165) is 16.5 Å². The first-order valence-corrected chi connectivity index (χ1v) is 8.30. The second kappa shape index (κ2) is 7.55. The monoisotopic (exact) mass is 371 g/mol. The van der Waals surface area contributed by atoms with Gasteiger partial charge in [0.25, 0.3) is 0 Å². The van der Waals surface area contributed by atoms with E-state index in [0.29, 0.717) is 0 Å². The molecule has 118 valence electrons. The molecule has 2 aromatic rings. The molecule has 3 rings (SSSR count). The van der Waals surface area contributed by atoms with Gasteiger partial charge >= 0.3 is 0 Å². The van der Waals surface area contributed by atoms with Crippen LogP contribution >= 0.6 is 15.9 Å². The van der Waals surface area contributed by atoms with E-state index in [1.165, 1.54) is 5.56 Å². The average Bonchev–Trinajstić information content (AvgIpc) is 3.04. The molecule has 3 N–H and O–H groups in total. The highest BCUT2D eigenvalue weighted by molar-refractivity contribution is 9.10. The van der Waals surface area contributed by atoms with E-state index >= 15 is 0 Å². The number of halogens is 1. The number of hydrogen-bond donors (Lipinski definition) is 3. The summed E-state index contributed by atoms with van der Waals surface area (Å²) in [7, 11) is 0. The lowest BCUT2D eigenvalue weighted by molar-refractivity contribution is -0.117. The summed E-state index contributed by atoms with van der Waals surface area (Å²) in [5, 5.41) is 2.95. The van der Waals surface area contributed by atoms with E-state index in [2.05, 4.69) is 44.2 Å². The van der Waals surface area contributed by atoms with Crippen LogP contribution in [0.4, 0.5) is 0 Å². The summed E-state index contributed by atoms with van der Waals surface area (Å²) in [6.45, 7) is 0. The van der Waals surface area contributed by atoms with Crippen LogP contribution in [0, 0.1) is 0 Å². The predicted molar refractivity (Wildman–Crippen MR) is 95.2 cm³/mol. The van der Waals surface area contributed by atoms with Crippen LogP contribution in [-0.2, 0) is 4.79 Å². The number of hydrogen-bond acceptors (Lipinski definition) is 3. The van der Waals surface area contributed by atoms with Crippen LogP contribution in [0.1, 0.15) is 23.6 Å². The molecule has 0 radical (unpaired) electrons. The summed E-state index contributed by atoms with van der Waals surface area (Å²) in [5.41, 5.74) is 8.53. The van der Waals surface area contributed by atoms with Crippen molar-refractivity contribution in [1.29, 1.82) is 0 Å². The van der Waals surface area contributed by atoms with E-state index in [1.807, 2.05) is 42.5 Å². The van der Waals surface area contributed by atoms with Crippen LogP contribution in [0.5, 0.6) is 0 Å². The summed E-state index contributed by atoms with van der Waals surface area (Å²) < 4.78 is 1.02. The van der Waals surface area contributed by atoms with Crippen molar-refractivity contribution in [3.8, 4) is 0 Å². The van der Waals surface area contributed by atoms with Crippen molar-refractivity contribution in [2.45, 2.75) is 18.6 Å². The van der Waals surface area contributed by atoms with Crippen LogP contribution in [0.3, 0.4) is 0 Å². The molecular formula is C18H18BrN3O. The number of carbonyl (C=O) groups excluding carboxylic acids is 1. The number of amides is 1. The molecule has 5 heteroatoms. The fourth-order valence-corrected chi connectivity index (χ4v) is 2.78. The molecule has 1 aliphatic rings. The summed E-state index contributed by atoms with van der Waals surface area (Å²) in [6, 6.07) is 18.2. The molecule has 1 saturated heterocycles. The van der Waals surface area contributed by atoms with Gasteiger partial charge in [0.15, 0.2) is 0 Å². The van der Waals surface area contributed by atoms with Gasteiger partial charge in [0.05, 0.1) is 6.17 Å². The minimum Gasteiger partial charge on any atom is -0.336 e. The fraction of sp³-hybridized carbons (Fsp3) is 0.167. The van der Waals surface area contributed by atoms with Gasteiger partial charge in [0.2, 0.25) is 5.91 Å². The van der Waals surface area contributed by atoms with Gasteiger partial charge in [-0.3, -0.25) is 4.79 Å². The largest absolute Gasteiger partial charge is 0.336 e. The number of hydrazine groups is 1. The van der Waals surface area contributed by atoms with Crippen LogP contribution in [0.15, 0.2) is 65.1 Å². The van der Waals surface area contributed by atoms with Crippen molar-refractivity contribution in [2.24, 2.45) is 0 Å². The third-order valence-corrected chi connectivity index (χ3v) is 4.25. The Hall–Kier alpha value is -1.95. The Balaban J connectivity index is 1.52. The standard InChI is InChI=1S/C18H18BrN3O/c19-15-9-6-13(7-10-15)8-11-18(23)20-17-12-16(21-22-17)14-4-2-1-3-5-14/h1-11,16-17,21-22H,12H2,(H,20,23)/b11-8+. The van der Waals surface area contributed by atoms with Gasteiger partial charge in [-0.25, -0.2) is 10.9 Å². The van der Waals surface area contributed by atoms with Gasteiger partial charge in [0.1, 0.15) is 0 Å². The molecule has 1 fully saturated rings. The van der Waals surface area contributed by atoms with Gasteiger partial charge in [-0.05, 0) is 29.3 Å². The van der Waals surface area contributed by atoms with Crippen molar-refractivity contribution in [3.63, 3.8) is 0 Å². The molecule has 1 heterocycles. The minimum absolute atomic E-state index is 0.0812. The summed E-state index contributed by atoms with van der Waals surface area (Å²) in [6.07, 6.45) is 4.09. The van der Waals surface area contributed by atoms with Crippen molar-refractivity contribution < 1.29 is 4.79 Å². The number of carbonyl (C=O) groups is 1. The van der Waals surface area contributed by atoms with Gasteiger partial charge in [0, 0.05) is 23.0 Å². The third-order valence-electron chi connectivity index (χ3n) is 3.72. The Morgan fingerprint density at radius 3 is 2.57 bits per heavy atom. The van der Waals surface area contributed by atoms with Gasteiger partial charge < -0.3 is 5.32 Å². The van der Waals surface area contributed by atoms with Crippen molar-refractivity contribution >= 4 is 27.9 Å². The Morgan fingerprint density at radius 1 is 1.09 bits per heavy atom. The number of rotatable bonds is 4. The highest BCUT2D eigenvalue weighted by Crippen LogP contribution is 2.20. The molecule has 1 aliphatic heterocycles. The lowest BCUT2D eigenvalue weighted by atomic mass is 10.0. The van der Waals surface area contributed by atoms with Crippen molar-refractivity contribution in [1.82, 2.24) is 16.2 Å².